The number of fused-ring (bicyclic) bond motifs is 1. The van der Waals surface area contributed by atoms with Crippen LogP contribution in [0, 0.1) is 6.92 Å². The van der Waals surface area contributed by atoms with Crippen LogP contribution < -0.4 is 0 Å². The normalized spacial score (nSPS) is 11.3. The molecule has 0 bridgehead atoms. The first-order valence-electron chi connectivity index (χ1n) is 6.34. The van der Waals surface area contributed by atoms with E-state index in [0.29, 0.717) is 11.3 Å². The van der Waals surface area contributed by atoms with E-state index < -0.39 is 5.97 Å². The standard InChI is InChI=1S/C15H12N4O2/c1-10-5-4-6-11(9-10)17-18-14-13(15(20)21)16-12-7-2-3-8-19(12)14/h2-9H,1H3,(H,20,21). The van der Waals surface area contributed by atoms with Gasteiger partial charge in [-0.25, -0.2) is 9.78 Å². The Morgan fingerprint density at radius 3 is 2.81 bits per heavy atom. The Morgan fingerprint density at radius 1 is 1.19 bits per heavy atom. The molecule has 3 rings (SSSR count). The Kier molecular flexibility index (Phi) is 3.19. The third kappa shape index (κ3) is 2.51. The molecule has 0 aliphatic carbocycles. The van der Waals surface area contributed by atoms with Crippen LogP contribution in [0.5, 0.6) is 0 Å². The van der Waals surface area contributed by atoms with E-state index in [1.807, 2.05) is 25.1 Å². The quantitative estimate of drug-likeness (QED) is 0.742. The van der Waals surface area contributed by atoms with Crippen LogP contribution in [0.3, 0.4) is 0 Å². The van der Waals surface area contributed by atoms with Crippen molar-refractivity contribution in [2.75, 3.05) is 0 Å². The fourth-order valence-electron chi connectivity index (χ4n) is 2.02. The molecule has 0 spiro atoms. The van der Waals surface area contributed by atoms with Gasteiger partial charge in [0.25, 0.3) is 0 Å². The van der Waals surface area contributed by atoms with Crippen LogP contribution in [0.15, 0.2) is 58.9 Å². The average Bonchev–Trinajstić information content (AvgIpc) is 2.84. The lowest BCUT2D eigenvalue weighted by molar-refractivity contribution is 0.0692. The smallest absolute Gasteiger partial charge is 0.358 e. The number of aromatic nitrogens is 2. The molecule has 0 aliphatic rings. The number of carboxylic acid groups (broad SMARTS) is 1. The first kappa shape index (κ1) is 13.0. The first-order valence-corrected chi connectivity index (χ1v) is 6.34. The Hall–Kier alpha value is -3.02. The second-order valence-corrected chi connectivity index (χ2v) is 4.56. The highest BCUT2D eigenvalue weighted by atomic mass is 16.4. The Labute approximate surface area is 120 Å². The average molecular weight is 280 g/mol. The molecule has 0 radical (unpaired) electrons. The maximum absolute atomic E-state index is 11.3. The van der Waals surface area contributed by atoms with E-state index in [4.69, 9.17) is 0 Å². The van der Waals surface area contributed by atoms with Crippen molar-refractivity contribution in [1.82, 2.24) is 9.38 Å². The fraction of sp³-hybridized carbons (Fsp3) is 0.0667. The second-order valence-electron chi connectivity index (χ2n) is 4.56. The number of rotatable bonds is 3. The fourth-order valence-corrected chi connectivity index (χ4v) is 2.02. The van der Waals surface area contributed by atoms with Crippen molar-refractivity contribution in [3.8, 4) is 0 Å². The Morgan fingerprint density at radius 2 is 2.05 bits per heavy atom. The number of carboxylic acids is 1. The van der Waals surface area contributed by atoms with Gasteiger partial charge in [-0.2, -0.15) is 0 Å². The molecular weight excluding hydrogens is 268 g/mol. The van der Waals surface area contributed by atoms with Crippen LogP contribution in [-0.2, 0) is 0 Å². The van der Waals surface area contributed by atoms with Gasteiger partial charge in [0.2, 0.25) is 0 Å². The summed E-state index contributed by atoms with van der Waals surface area (Å²) in [5, 5.41) is 17.4. The summed E-state index contributed by atoms with van der Waals surface area (Å²) < 4.78 is 1.60. The molecule has 21 heavy (non-hydrogen) atoms. The highest BCUT2D eigenvalue weighted by Crippen LogP contribution is 2.24. The van der Waals surface area contributed by atoms with Crippen molar-refractivity contribution >= 4 is 23.1 Å². The first-order chi connectivity index (χ1) is 10.1. The van der Waals surface area contributed by atoms with Crippen molar-refractivity contribution in [2.24, 2.45) is 10.2 Å². The number of benzene rings is 1. The van der Waals surface area contributed by atoms with E-state index in [2.05, 4.69) is 15.2 Å². The van der Waals surface area contributed by atoms with Gasteiger partial charge in [-0.05, 0) is 36.8 Å². The molecule has 0 fully saturated rings. The van der Waals surface area contributed by atoms with E-state index >= 15 is 0 Å². The number of pyridine rings is 1. The van der Waals surface area contributed by atoms with Crippen molar-refractivity contribution in [1.29, 1.82) is 0 Å². The number of aryl methyl sites for hydroxylation is 1. The SMILES string of the molecule is Cc1cccc(N=Nc2c(C(=O)O)nc3ccccn23)c1. The van der Waals surface area contributed by atoms with Crippen LogP contribution in [0.1, 0.15) is 16.1 Å². The molecule has 2 aromatic heterocycles. The summed E-state index contributed by atoms with van der Waals surface area (Å²) in [7, 11) is 0. The molecule has 1 aromatic carbocycles. The molecule has 0 unspecified atom stereocenters. The minimum absolute atomic E-state index is 0.113. The summed E-state index contributed by atoms with van der Waals surface area (Å²) >= 11 is 0. The molecule has 0 saturated heterocycles. The lowest BCUT2D eigenvalue weighted by Crippen LogP contribution is -1.96. The van der Waals surface area contributed by atoms with E-state index in [1.54, 1.807) is 34.9 Å². The molecule has 6 nitrogen and oxygen atoms in total. The zero-order chi connectivity index (χ0) is 14.8. The highest BCUT2D eigenvalue weighted by Gasteiger charge is 2.17. The zero-order valence-electron chi connectivity index (χ0n) is 11.3. The van der Waals surface area contributed by atoms with E-state index in [0.717, 1.165) is 5.56 Å². The molecule has 0 amide bonds. The van der Waals surface area contributed by atoms with Crippen molar-refractivity contribution < 1.29 is 9.90 Å². The summed E-state index contributed by atoms with van der Waals surface area (Å²) in [5.41, 5.74) is 2.13. The monoisotopic (exact) mass is 280 g/mol. The maximum atomic E-state index is 11.3. The van der Waals surface area contributed by atoms with Gasteiger partial charge in [-0.15, -0.1) is 10.2 Å². The van der Waals surface area contributed by atoms with Gasteiger partial charge in [-0.1, -0.05) is 18.2 Å². The molecule has 0 saturated carbocycles. The van der Waals surface area contributed by atoms with Crippen LogP contribution >= 0.6 is 0 Å². The number of azo groups is 1. The predicted molar refractivity (Wildman–Crippen MR) is 77.5 cm³/mol. The van der Waals surface area contributed by atoms with Gasteiger partial charge in [0.1, 0.15) is 5.65 Å². The van der Waals surface area contributed by atoms with Crippen LogP contribution in [0.2, 0.25) is 0 Å². The largest absolute Gasteiger partial charge is 0.476 e. The Balaban J connectivity index is 2.11. The van der Waals surface area contributed by atoms with Crippen molar-refractivity contribution in [3.05, 3.63) is 59.9 Å². The molecule has 6 heteroatoms. The molecule has 0 atom stereocenters. The minimum atomic E-state index is -1.13. The summed E-state index contributed by atoms with van der Waals surface area (Å²) in [6.07, 6.45) is 1.71. The van der Waals surface area contributed by atoms with Crippen LogP contribution in [0.4, 0.5) is 11.5 Å². The number of imidazole rings is 1. The number of hydrogen-bond acceptors (Lipinski definition) is 4. The maximum Gasteiger partial charge on any atom is 0.358 e. The Bertz CT molecular complexity index is 852. The van der Waals surface area contributed by atoms with Gasteiger partial charge in [0.15, 0.2) is 11.5 Å². The number of carbonyl (C=O) groups is 1. The molecule has 1 N–H and O–H groups in total. The number of aromatic carboxylic acids is 1. The summed E-state index contributed by atoms with van der Waals surface area (Å²) in [6.45, 7) is 1.95. The van der Waals surface area contributed by atoms with E-state index in [9.17, 15) is 9.90 Å². The third-order valence-electron chi connectivity index (χ3n) is 2.97. The van der Waals surface area contributed by atoms with E-state index in [-0.39, 0.29) is 11.5 Å². The lowest BCUT2D eigenvalue weighted by atomic mass is 10.2. The highest BCUT2D eigenvalue weighted by molar-refractivity contribution is 5.91. The number of nitrogens with zero attached hydrogens (tertiary/aromatic N) is 4. The predicted octanol–water partition coefficient (Wildman–Crippen LogP) is 3.76. The third-order valence-corrected chi connectivity index (χ3v) is 2.97. The molecule has 104 valence electrons. The molecule has 0 aliphatic heterocycles. The molecule has 2 heterocycles. The van der Waals surface area contributed by atoms with Gasteiger partial charge in [0.05, 0.1) is 5.69 Å². The van der Waals surface area contributed by atoms with Gasteiger partial charge in [0, 0.05) is 6.20 Å². The zero-order valence-corrected chi connectivity index (χ0v) is 11.3. The topological polar surface area (TPSA) is 79.3 Å². The van der Waals surface area contributed by atoms with Gasteiger partial charge < -0.3 is 5.11 Å². The molecular formula is C15H12N4O2. The van der Waals surface area contributed by atoms with Crippen molar-refractivity contribution in [2.45, 2.75) is 6.92 Å². The summed E-state index contributed by atoms with van der Waals surface area (Å²) in [4.78, 5) is 15.3. The number of hydrogen-bond donors (Lipinski definition) is 1. The van der Waals surface area contributed by atoms with Gasteiger partial charge >= 0.3 is 5.97 Å². The summed E-state index contributed by atoms with van der Waals surface area (Å²) in [5.74, 6) is -0.920. The lowest BCUT2D eigenvalue weighted by Gasteiger charge is -1.97. The van der Waals surface area contributed by atoms with E-state index in [1.165, 1.54) is 0 Å². The van der Waals surface area contributed by atoms with Crippen LogP contribution in [-0.4, -0.2) is 20.5 Å². The summed E-state index contributed by atoms with van der Waals surface area (Å²) in [6, 6.07) is 12.8. The minimum Gasteiger partial charge on any atom is -0.476 e. The van der Waals surface area contributed by atoms with Crippen molar-refractivity contribution in [3.63, 3.8) is 0 Å². The second kappa shape index (κ2) is 5.16. The molecule has 3 aromatic rings. The van der Waals surface area contributed by atoms with Gasteiger partial charge in [-0.3, -0.25) is 4.40 Å². The van der Waals surface area contributed by atoms with Crippen LogP contribution in [0.25, 0.3) is 5.65 Å².